The van der Waals surface area contributed by atoms with Crippen LogP contribution in [0, 0.1) is 13.8 Å². The Morgan fingerprint density at radius 3 is 2.29 bits per heavy atom. The Morgan fingerprint density at radius 1 is 1.14 bits per heavy atom. The quantitative estimate of drug-likeness (QED) is 0.737. The molecule has 0 amide bonds. The summed E-state index contributed by atoms with van der Waals surface area (Å²) in [5, 5.41) is 7.86. The zero-order valence-electron chi connectivity index (χ0n) is 8.23. The van der Waals surface area contributed by atoms with Crippen molar-refractivity contribution >= 4 is 5.82 Å². The zero-order valence-corrected chi connectivity index (χ0v) is 8.23. The number of hydrogen-bond donors (Lipinski definition) is 1. The highest BCUT2D eigenvalue weighted by atomic mass is 15.4. The number of aryl methyl sites for hydroxylation is 2. The molecule has 2 rings (SSSR count). The molecule has 14 heavy (non-hydrogen) atoms. The van der Waals surface area contributed by atoms with E-state index < -0.39 is 0 Å². The Bertz CT molecular complexity index is 442. The second-order valence-corrected chi connectivity index (χ2v) is 3.31. The molecule has 0 unspecified atom stereocenters. The summed E-state index contributed by atoms with van der Waals surface area (Å²) in [6.07, 6.45) is 0. The van der Waals surface area contributed by atoms with E-state index >= 15 is 0 Å². The Hall–Kier alpha value is -1.84. The van der Waals surface area contributed by atoms with Gasteiger partial charge in [0.2, 0.25) is 0 Å². The predicted molar refractivity (Wildman–Crippen MR) is 55.2 cm³/mol. The van der Waals surface area contributed by atoms with Crippen molar-refractivity contribution < 1.29 is 0 Å². The van der Waals surface area contributed by atoms with E-state index in [-0.39, 0.29) is 0 Å². The summed E-state index contributed by atoms with van der Waals surface area (Å²) in [7, 11) is 0. The van der Waals surface area contributed by atoms with E-state index in [2.05, 4.69) is 10.3 Å². The van der Waals surface area contributed by atoms with Gasteiger partial charge in [0.25, 0.3) is 0 Å². The molecular weight excluding hydrogens is 176 g/mol. The van der Waals surface area contributed by atoms with Crippen LogP contribution in [0.4, 0.5) is 5.82 Å². The van der Waals surface area contributed by atoms with Gasteiger partial charge in [0.15, 0.2) is 5.82 Å². The van der Waals surface area contributed by atoms with Crippen LogP contribution in [0.25, 0.3) is 5.69 Å². The van der Waals surface area contributed by atoms with Gasteiger partial charge in [-0.25, -0.2) is 0 Å². The van der Waals surface area contributed by atoms with E-state index in [1.165, 1.54) is 5.56 Å². The molecule has 1 aromatic heterocycles. The van der Waals surface area contributed by atoms with Crippen LogP contribution in [0.1, 0.15) is 11.3 Å². The minimum Gasteiger partial charge on any atom is -0.382 e. The highest BCUT2D eigenvalue weighted by Crippen LogP contribution is 2.14. The Morgan fingerprint density at radius 2 is 1.79 bits per heavy atom. The molecule has 0 radical (unpaired) electrons. The molecule has 1 aromatic carbocycles. The van der Waals surface area contributed by atoms with Gasteiger partial charge < -0.3 is 5.73 Å². The number of nitrogen functional groups attached to an aromatic ring is 1. The summed E-state index contributed by atoms with van der Waals surface area (Å²) in [4.78, 5) is 0. The van der Waals surface area contributed by atoms with Crippen LogP contribution in [0.5, 0.6) is 0 Å². The fraction of sp³-hybridized carbons (Fsp3) is 0.200. The van der Waals surface area contributed by atoms with Crippen molar-refractivity contribution in [3.8, 4) is 5.69 Å². The van der Waals surface area contributed by atoms with Gasteiger partial charge in [-0.2, -0.15) is 4.68 Å². The van der Waals surface area contributed by atoms with Gasteiger partial charge in [0.1, 0.15) is 5.69 Å². The molecule has 0 aliphatic heterocycles. The maximum atomic E-state index is 5.81. The van der Waals surface area contributed by atoms with Crippen LogP contribution in [0.3, 0.4) is 0 Å². The van der Waals surface area contributed by atoms with Crippen molar-refractivity contribution in [3.05, 3.63) is 35.5 Å². The third-order valence-corrected chi connectivity index (χ3v) is 2.16. The molecule has 0 fully saturated rings. The molecule has 0 aliphatic carbocycles. The summed E-state index contributed by atoms with van der Waals surface area (Å²) in [5.74, 6) is 0.592. The first kappa shape index (κ1) is 8.74. The van der Waals surface area contributed by atoms with Crippen LogP contribution >= 0.6 is 0 Å². The highest BCUT2D eigenvalue weighted by molar-refractivity contribution is 5.44. The predicted octanol–water partition coefficient (Wildman–Crippen LogP) is 1.47. The molecule has 0 atom stereocenters. The van der Waals surface area contributed by atoms with E-state index in [9.17, 15) is 0 Å². The smallest absolute Gasteiger partial charge is 0.150 e. The van der Waals surface area contributed by atoms with Crippen LogP contribution in [0.2, 0.25) is 0 Å². The van der Waals surface area contributed by atoms with Crippen LogP contribution < -0.4 is 5.73 Å². The van der Waals surface area contributed by atoms with Crippen molar-refractivity contribution in [3.63, 3.8) is 0 Å². The minimum absolute atomic E-state index is 0.592. The second-order valence-electron chi connectivity index (χ2n) is 3.31. The molecule has 1 heterocycles. The highest BCUT2D eigenvalue weighted by Gasteiger charge is 2.05. The molecule has 0 bridgehead atoms. The first-order valence-electron chi connectivity index (χ1n) is 4.43. The molecule has 0 saturated carbocycles. The Labute approximate surface area is 82.4 Å². The van der Waals surface area contributed by atoms with Crippen molar-refractivity contribution in [2.24, 2.45) is 0 Å². The van der Waals surface area contributed by atoms with Crippen molar-refractivity contribution in [2.45, 2.75) is 13.8 Å². The zero-order chi connectivity index (χ0) is 10.1. The molecule has 0 saturated heterocycles. The van der Waals surface area contributed by atoms with E-state index in [4.69, 9.17) is 5.73 Å². The average Bonchev–Trinajstić information content (AvgIpc) is 2.50. The third kappa shape index (κ3) is 1.35. The molecule has 2 aromatic rings. The maximum Gasteiger partial charge on any atom is 0.150 e. The van der Waals surface area contributed by atoms with Gasteiger partial charge in [0.05, 0.1) is 5.69 Å². The normalized spacial score (nSPS) is 10.4. The summed E-state index contributed by atoms with van der Waals surface area (Å²) < 4.78 is 1.63. The summed E-state index contributed by atoms with van der Waals surface area (Å²) in [6, 6.07) is 7.98. The lowest BCUT2D eigenvalue weighted by molar-refractivity contribution is 0.806. The molecule has 72 valence electrons. The number of rotatable bonds is 1. The number of nitrogens with zero attached hydrogens (tertiary/aromatic N) is 3. The molecule has 4 nitrogen and oxygen atoms in total. The van der Waals surface area contributed by atoms with Gasteiger partial charge in [-0.15, -0.1) is 5.10 Å². The van der Waals surface area contributed by atoms with Crippen LogP contribution in [0.15, 0.2) is 24.3 Å². The largest absolute Gasteiger partial charge is 0.382 e. The average molecular weight is 188 g/mol. The number of nitrogens with two attached hydrogens (primary N) is 1. The molecule has 0 aliphatic rings. The first-order chi connectivity index (χ1) is 6.68. The van der Waals surface area contributed by atoms with Gasteiger partial charge in [-0.05, 0) is 26.0 Å². The standard InChI is InChI=1S/C10H12N4/c1-7-3-5-9(6-4-7)14-10(11)8(2)12-13-14/h3-6H,11H2,1-2H3. The van der Waals surface area contributed by atoms with E-state index in [1.807, 2.05) is 38.1 Å². The van der Waals surface area contributed by atoms with E-state index in [0.717, 1.165) is 11.4 Å². The third-order valence-electron chi connectivity index (χ3n) is 2.16. The molecular formula is C10H12N4. The second kappa shape index (κ2) is 3.14. The van der Waals surface area contributed by atoms with Gasteiger partial charge in [0, 0.05) is 0 Å². The van der Waals surface area contributed by atoms with Crippen molar-refractivity contribution in [1.29, 1.82) is 0 Å². The topological polar surface area (TPSA) is 56.7 Å². The fourth-order valence-corrected chi connectivity index (χ4v) is 1.24. The molecule has 2 N–H and O–H groups in total. The van der Waals surface area contributed by atoms with Crippen LogP contribution in [-0.4, -0.2) is 15.0 Å². The Balaban J connectivity index is 2.49. The monoisotopic (exact) mass is 188 g/mol. The van der Waals surface area contributed by atoms with Gasteiger partial charge in [-0.1, -0.05) is 22.9 Å². The van der Waals surface area contributed by atoms with Crippen molar-refractivity contribution in [2.75, 3.05) is 5.73 Å². The lowest BCUT2D eigenvalue weighted by Gasteiger charge is -2.02. The van der Waals surface area contributed by atoms with Gasteiger partial charge in [-0.3, -0.25) is 0 Å². The number of aromatic nitrogens is 3. The Kier molecular flexibility index (Phi) is 1.96. The van der Waals surface area contributed by atoms with Crippen molar-refractivity contribution in [1.82, 2.24) is 15.0 Å². The summed E-state index contributed by atoms with van der Waals surface area (Å²) >= 11 is 0. The summed E-state index contributed by atoms with van der Waals surface area (Å²) in [6.45, 7) is 3.88. The lowest BCUT2D eigenvalue weighted by atomic mass is 10.2. The maximum absolute atomic E-state index is 5.81. The van der Waals surface area contributed by atoms with Crippen LogP contribution in [-0.2, 0) is 0 Å². The SMILES string of the molecule is Cc1ccc(-n2nnc(C)c2N)cc1. The van der Waals surface area contributed by atoms with E-state index in [1.54, 1.807) is 4.68 Å². The fourth-order valence-electron chi connectivity index (χ4n) is 1.24. The van der Waals surface area contributed by atoms with E-state index in [0.29, 0.717) is 5.82 Å². The lowest BCUT2D eigenvalue weighted by Crippen LogP contribution is -2.02. The van der Waals surface area contributed by atoms with Gasteiger partial charge >= 0.3 is 0 Å². The minimum atomic E-state index is 0.592. The molecule has 0 spiro atoms. The number of hydrogen-bond acceptors (Lipinski definition) is 3. The summed E-state index contributed by atoms with van der Waals surface area (Å²) in [5.41, 5.74) is 8.72. The first-order valence-corrected chi connectivity index (χ1v) is 4.43. The number of benzene rings is 1. The molecule has 4 heteroatoms. The number of anilines is 1.